The third-order valence-corrected chi connectivity index (χ3v) is 2.22. The number of hydrogen-bond acceptors (Lipinski definition) is 2. The molecule has 0 aliphatic carbocycles. The van der Waals surface area contributed by atoms with Crippen LogP contribution < -0.4 is 0 Å². The van der Waals surface area contributed by atoms with Crippen molar-refractivity contribution in [1.29, 1.82) is 0 Å². The van der Waals surface area contributed by atoms with Crippen molar-refractivity contribution >= 4 is 17.4 Å². The van der Waals surface area contributed by atoms with Gasteiger partial charge in [-0.05, 0) is 26.0 Å². The Kier molecular flexibility index (Phi) is 2.38. The van der Waals surface area contributed by atoms with Crippen molar-refractivity contribution in [3.8, 4) is 5.75 Å². The van der Waals surface area contributed by atoms with E-state index in [1.54, 1.807) is 6.92 Å². The smallest absolute Gasteiger partial charge is 0.161 e. The van der Waals surface area contributed by atoms with Crippen LogP contribution in [0.5, 0.6) is 5.75 Å². The van der Waals surface area contributed by atoms with Crippen molar-refractivity contribution in [1.82, 2.24) is 0 Å². The van der Waals surface area contributed by atoms with Gasteiger partial charge in [-0.25, -0.2) is 0 Å². The molecule has 0 saturated heterocycles. The molecule has 1 aromatic rings. The van der Waals surface area contributed by atoms with Crippen molar-refractivity contribution < 1.29 is 9.90 Å². The lowest BCUT2D eigenvalue weighted by molar-refractivity contribution is 0.101. The van der Waals surface area contributed by atoms with Gasteiger partial charge in [0.05, 0.1) is 5.02 Å². The van der Waals surface area contributed by atoms with Gasteiger partial charge in [0.2, 0.25) is 0 Å². The summed E-state index contributed by atoms with van der Waals surface area (Å²) in [5.74, 6) is 0.0214. The number of carbonyl (C=O) groups is 1. The van der Waals surface area contributed by atoms with E-state index in [9.17, 15) is 9.90 Å². The Morgan fingerprint density at radius 3 is 2.58 bits per heavy atom. The van der Waals surface area contributed by atoms with E-state index >= 15 is 0 Å². The normalized spacial score (nSPS) is 9.92. The van der Waals surface area contributed by atoms with Gasteiger partial charge in [-0.2, -0.15) is 0 Å². The molecule has 0 amide bonds. The lowest BCUT2D eigenvalue weighted by Crippen LogP contribution is -1.94. The molecule has 1 aromatic carbocycles. The third kappa shape index (κ3) is 1.43. The highest BCUT2D eigenvalue weighted by Crippen LogP contribution is 2.28. The topological polar surface area (TPSA) is 37.3 Å². The SMILES string of the molecule is CC(=O)c1ccc(O)c(C)c1Cl. The van der Waals surface area contributed by atoms with Crippen LogP contribution in [-0.4, -0.2) is 10.9 Å². The summed E-state index contributed by atoms with van der Waals surface area (Å²) in [7, 11) is 0. The first-order valence-corrected chi connectivity index (χ1v) is 3.91. The lowest BCUT2D eigenvalue weighted by atomic mass is 10.1. The Morgan fingerprint density at radius 2 is 2.08 bits per heavy atom. The van der Waals surface area contributed by atoms with E-state index in [4.69, 9.17) is 11.6 Å². The van der Waals surface area contributed by atoms with Gasteiger partial charge in [-0.15, -0.1) is 0 Å². The molecule has 64 valence electrons. The van der Waals surface area contributed by atoms with Gasteiger partial charge >= 0.3 is 0 Å². The number of ketones is 1. The summed E-state index contributed by atoms with van der Waals surface area (Å²) in [5.41, 5.74) is 0.997. The molecular weight excluding hydrogens is 176 g/mol. The Balaban J connectivity index is 3.36. The van der Waals surface area contributed by atoms with Gasteiger partial charge < -0.3 is 5.11 Å². The van der Waals surface area contributed by atoms with Crippen molar-refractivity contribution in [3.63, 3.8) is 0 Å². The summed E-state index contributed by atoms with van der Waals surface area (Å²) in [5, 5.41) is 9.55. The Hall–Kier alpha value is -1.02. The second-order valence-corrected chi connectivity index (χ2v) is 3.01. The van der Waals surface area contributed by atoms with Crippen LogP contribution in [0.1, 0.15) is 22.8 Å². The Bertz CT molecular complexity index is 332. The molecule has 0 heterocycles. The van der Waals surface area contributed by atoms with Crippen LogP contribution in [0.3, 0.4) is 0 Å². The molecule has 0 aliphatic rings. The number of aromatic hydroxyl groups is 1. The molecule has 1 rings (SSSR count). The van der Waals surface area contributed by atoms with Crippen LogP contribution >= 0.6 is 11.6 Å². The van der Waals surface area contributed by atoms with Crippen molar-refractivity contribution in [2.75, 3.05) is 0 Å². The zero-order chi connectivity index (χ0) is 9.30. The number of phenols is 1. The third-order valence-electron chi connectivity index (χ3n) is 1.74. The maximum atomic E-state index is 11.0. The largest absolute Gasteiger partial charge is 0.508 e. The number of Topliss-reactive ketones (excluding diaryl/α,β-unsaturated/α-hetero) is 1. The second kappa shape index (κ2) is 3.15. The molecule has 0 saturated carbocycles. The molecule has 0 aromatic heterocycles. The van der Waals surface area contributed by atoms with Gasteiger partial charge in [0.25, 0.3) is 0 Å². The highest BCUT2D eigenvalue weighted by atomic mass is 35.5. The average molecular weight is 185 g/mol. The number of phenolic OH excluding ortho intramolecular Hbond substituents is 1. The average Bonchev–Trinajstić information content (AvgIpc) is 2.00. The van der Waals surface area contributed by atoms with Gasteiger partial charge in [-0.1, -0.05) is 11.6 Å². The second-order valence-electron chi connectivity index (χ2n) is 2.63. The van der Waals surface area contributed by atoms with Gasteiger partial charge in [0, 0.05) is 11.1 Å². The predicted octanol–water partition coefficient (Wildman–Crippen LogP) is 2.56. The number of rotatable bonds is 1. The van der Waals surface area contributed by atoms with Crippen molar-refractivity contribution in [3.05, 3.63) is 28.3 Å². The minimum absolute atomic E-state index is 0.0944. The number of hydrogen-bond donors (Lipinski definition) is 1. The Morgan fingerprint density at radius 1 is 1.50 bits per heavy atom. The summed E-state index contributed by atoms with van der Waals surface area (Å²) >= 11 is 5.81. The molecule has 0 bridgehead atoms. The molecule has 0 radical (unpaired) electrons. The number of carbonyl (C=O) groups excluding carboxylic acids is 1. The summed E-state index contributed by atoms with van der Waals surface area (Å²) in [6.45, 7) is 3.11. The molecule has 0 aliphatic heterocycles. The van der Waals surface area contributed by atoms with E-state index < -0.39 is 0 Å². The zero-order valence-corrected chi connectivity index (χ0v) is 7.64. The zero-order valence-electron chi connectivity index (χ0n) is 6.89. The van der Waals surface area contributed by atoms with Crippen LogP contribution in [0.15, 0.2) is 12.1 Å². The van der Waals surface area contributed by atoms with E-state index in [1.807, 2.05) is 0 Å². The van der Waals surface area contributed by atoms with Crippen molar-refractivity contribution in [2.45, 2.75) is 13.8 Å². The molecule has 3 heteroatoms. The van der Waals surface area contributed by atoms with E-state index in [2.05, 4.69) is 0 Å². The van der Waals surface area contributed by atoms with E-state index in [-0.39, 0.29) is 11.5 Å². The summed E-state index contributed by atoms with van der Waals surface area (Å²) < 4.78 is 0. The summed E-state index contributed by atoms with van der Waals surface area (Å²) in [6.07, 6.45) is 0. The van der Waals surface area contributed by atoms with Crippen LogP contribution in [0, 0.1) is 6.92 Å². The first kappa shape index (κ1) is 9.07. The fourth-order valence-electron chi connectivity index (χ4n) is 0.947. The van der Waals surface area contributed by atoms with Crippen LogP contribution in [-0.2, 0) is 0 Å². The lowest BCUT2D eigenvalue weighted by Gasteiger charge is -2.04. The Labute approximate surface area is 75.8 Å². The fourth-order valence-corrected chi connectivity index (χ4v) is 1.24. The van der Waals surface area contributed by atoms with Gasteiger partial charge in [-0.3, -0.25) is 4.79 Å². The molecule has 12 heavy (non-hydrogen) atoms. The number of benzene rings is 1. The maximum Gasteiger partial charge on any atom is 0.161 e. The summed E-state index contributed by atoms with van der Waals surface area (Å²) in [4.78, 5) is 11.0. The molecule has 0 atom stereocenters. The van der Waals surface area contributed by atoms with E-state index in [0.717, 1.165) is 0 Å². The minimum Gasteiger partial charge on any atom is -0.508 e. The molecule has 2 nitrogen and oxygen atoms in total. The maximum absolute atomic E-state index is 11.0. The predicted molar refractivity (Wildman–Crippen MR) is 47.9 cm³/mol. The van der Waals surface area contributed by atoms with Crippen LogP contribution in [0.25, 0.3) is 0 Å². The molecule has 0 spiro atoms. The fraction of sp³-hybridized carbons (Fsp3) is 0.222. The van der Waals surface area contributed by atoms with Crippen molar-refractivity contribution in [2.24, 2.45) is 0 Å². The highest BCUT2D eigenvalue weighted by molar-refractivity contribution is 6.34. The molecule has 0 unspecified atom stereocenters. The first-order valence-electron chi connectivity index (χ1n) is 3.53. The molecule has 1 N–H and O–H groups in total. The van der Waals surface area contributed by atoms with E-state index in [1.165, 1.54) is 19.1 Å². The van der Waals surface area contributed by atoms with Crippen LogP contribution in [0.4, 0.5) is 0 Å². The standard InChI is InChI=1S/C9H9ClO2/c1-5-8(12)4-3-7(6(2)11)9(5)10/h3-4,12H,1-2H3. The number of halogens is 1. The minimum atomic E-state index is -0.0944. The monoisotopic (exact) mass is 184 g/mol. The van der Waals surface area contributed by atoms with Gasteiger partial charge in [0.15, 0.2) is 5.78 Å². The van der Waals surface area contributed by atoms with Crippen LogP contribution in [0.2, 0.25) is 5.02 Å². The highest BCUT2D eigenvalue weighted by Gasteiger charge is 2.09. The molecule has 0 fully saturated rings. The van der Waals surface area contributed by atoms with Gasteiger partial charge in [0.1, 0.15) is 5.75 Å². The summed E-state index contributed by atoms with van der Waals surface area (Å²) in [6, 6.07) is 2.99. The quantitative estimate of drug-likeness (QED) is 0.682. The molecular formula is C9H9ClO2. The van der Waals surface area contributed by atoms with E-state index in [0.29, 0.717) is 16.1 Å². The first-order chi connectivity index (χ1) is 5.54.